The summed E-state index contributed by atoms with van der Waals surface area (Å²) >= 11 is 0. The van der Waals surface area contributed by atoms with Crippen molar-refractivity contribution >= 4 is 32.9 Å². The largest absolute Gasteiger partial charge is 0.497 e. The molecular weight excluding hydrogens is 416 g/mol. The molecule has 0 atom stereocenters. The Morgan fingerprint density at radius 2 is 1.81 bits per heavy atom. The SMILES string of the molecule is COc1ccc(S(=O)(=O)NCC2CCC(C(=O)Nc3nc4ccccc4[nH]3)CC2)cc1. The number of ether oxygens (including phenoxy) is 1. The Bertz CT molecular complexity index is 1120. The van der Waals surface area contributed by atoms with Crippen LogP contribution in [0.4, 0.5) is 5.95 Å². The average Bonchev–Trinajstić information content (AvgIpc) is 3.20. The summed E-state index contributed by atoms with van der Waals surface area (Å²) in [4.78, 5) is 20.3. The van der Waals surface area contributed by atoms with Crippen LogP contribution in [0.1, 0.15) is 25.7 Å². The van der Waals surface area contributed by atoms with E-state index >= 15 is 0 Å². The summed E-state index contributed by atoms with van der Waals surface area (Å²) in [6.45, 7) is 0.367. The highest BCUT2D eigenvalue weighted by atomic mass is 32.2. The second-order valence-corrected chi connectivity index (χ2v) is 9.60. The number of anilines is 1. The number of carbonyl (C=O) groups excluding carboxylic acids is 1. The molecular formula is C22H26N4O4S. The predicted octanol–water partition coefficient (Wildman–Crippen LogP) is 3.29. The summed E-state index contributed by atoms with van der Waals surface area (Å²) in [6, 6.07) is 13.9. The van der Waals surface area contributed by atoms with Crippen molar-refractivity contribution in [2.45, 2.75) is 30.6 Å². The van der Waals surface area contributed by atoms with E-state index in [2.05, 4.69) is 20.0 Å². The number of benzene rings is 2. The minimum atomic E-state index is -3.57. The Morgan fingerprint density at radius 3 is 2.48 bits per heavy atom. The highest BCUT2D eigenvalue weighted by molar-refractivity contribution is 7.89. The Labute approximate surface area is 181 Å². The van der Waals surface area contributed by atoms with Crippen molar-refractivity contribution in [1.82, 2.24) is 14.7 Å². The quantitative estimate of drug-likeness (QED) is 0.520. The number of nitrogens with one attached hydrogen (secondary N) is 3. The smallest absolute Gasteiger partial charge is 0.240 e. The van der Waals surface area contributed by atoms with E-state index in [-0.39, 0.29) is 22.6 Å². The number of fused-ring (bicyclic) bond motifs is 1. The molecule has 0 bridgehead atoms. The van der Waals surface area contributed by atoms with Crippen molar-refractivity contribution in [1.29, 1.82) is 0 Å². The van der Waals surface area contributed by atoms with Gasteiger partial charge in [0.1, 0.15) is 5.75 Å². The number of amides is 1. The van der Waals surface area contributed by atoms with Crippen LogP contribution < -0.4 is 14.8 Å². The molecule has 1 aliphatic carbocycles. The van der Waals surface area contributed by atoms with Gasteiger partial charge >= 0.3 is 0 Å². The molecule has 1 saturated carbocycles. The molecule has 8 nitrogen and oxygen atoms in total. The molecule has 31 heavy (non-hydrogen) atoms. The van der Waals surface area contributed by atoms with Gasteiger partial charge < -0.3 is 9.72 Å². The summed E-state index contributed by atoms with van der Waals surface area (Å²) in [6.07, 6.45) is 3.04. The Hall–Kier alpha value is -2.91. The van der Waals surface area contributed by atoms with Crippen LogP contribution in [0.2, 0.25) is 0 Å². The zero-order valence-electron chi connectivity index (χ0n) is 17.3. The molecule has 3 aromatic rings. The van der Waals surface area contributed by atoms with Crippen LogP contribution in [0, 0.1) is 11.8 Å². The van der Waals surface area contributed by atoms with Crippen molar-refractivity contribution in [3.8, 4) is 5.75 Å². The lowest BCUT2D eigenvalue weighted by molar-refractivity contribution is -0.121. The van der Waals surface area contributed by atoms with Gasteiger partial charge in [0, 0.05) is 12.5 Å². The second kappa shape index (κ2) is 9.07. The second-order valence-electron chi connectivity index (χ2n) is 7.84. The molecule has 2 aromatic carbocycles. The number of carbonyl (C=O) groups is 1. The van der Waals surface area contributed by atoms with Crippen LogP contribution in [-0.4, -0.2) is 37.9 Å². The van der Waals surface area contributed by atoms with Gasteiger partial charge in [0.2, 0.25) is 21.9 Å². The number of methoxy groups -OCH3 is 1. The van der Waals surface area contributed by atoms with Crippen LogP contribution in [0.25, 0.3) is 11.0 Å². The average molecular weight is 443 g/mol. The zero-order valence-corrected chi connectivity index (χ0v) is 18.1. The van der Waals surface area contributed by atoms with Crippen LogP contribution in [0.5, 0.6) is 5.75 Å². The number of H-pyrrole nitrogens is 1. The van der Waals surface area contributed by atoms with Gasteiger partial charge in [0.25, 0.3) is 0 Å². The van der Waals surface area contributed by atoms with Gasteiger partial charge in [-0.1, -0.05) is 12.1 Å². The number of aromatic nitrogens is 2. The highest BCUT2D eigenvalue weighted by Crippen LogP contribution is 2.29. The van der Waals surface area contributed by atoms with Crippen molar-refractivity contribution in [3.63, 3.8) is 0 Å². The molecule has 0 saturated heterocycles. The number of hydrogen-bond donors (Lipinski definition) is 3. The fraction of sp³-hybridized carbons (Fsp3) is 0.364. The molecule has 0 unspecified atom stereocenters. The van der Waals surface area contributed by atoms with Crippen LogP contribution >= 0.6 is 0 Å². The number of nitrogens with zero attached hydrogens (tertiary/aromatic N) is 1. The third-order valence-corrected chi connectivity index (χ3v) is 7.22. The van der Waals surface area contributed by atoms with E-state index < -0.39 is 10.0 Å². The van der Waals surface area contributed by atoms with E-state index in [9.17, 15) is 13.2 Å². The Balaban J connectivity index is 1.26. The summed E-state index contributed by atoms with van der Waals surface area (Å²) in [5.41, 5.74) is 1.69. The number of rotatable bonds is 7. The third-order valence-electron chi connectivity index (χ3n) is 5.78. The molecule has 1 heterocycles. The van der Waals surface area contributed by atoms with Gasteiger partial charge in [0.05, 0.1) is 23.0 Å². The lowest BCUT2D eigenvalue weighted by Crippen LogP contribution is -2.33. The van der Waals surface area contributed by atoms with Gasteiger partial charge in [-0.25, -0.2) is 18.1 Å². The molecule has 0 aliphatic heterocycles. The molecule has 1 fully saturated rings. The fourth-order valence-electron chi connectivity index (χ4n) is 3.93. The first-order chi connectivity index (χ1) is 14.9. The molecule has 1 amide bonds. The Morgan fingerprint density at radius 1 is 1.10 bits per heavy atom. The molecule has 0 radical (unpaired) electrons. The number of hydrogen-bond acceptors (Lipinski definition) is 5. The maximum absolute atomic E-state index is 12.6. The van der Waals surface area contributed by atoms with Crippen LogP contribution in [-0.2, 0) is 14.8 Å². The van der Waals surface area contributed by atoms with Crippen LogP contribution in [0.3, 0.4) is 0 Å². The standard InChI is InChI=1S/C22H26N4O4S/c1-30-17-10-12-18(13-11-17)31(28,29)23-14-15-6-8-16(9-7-15)21(27)26-22-24-19-4-2-3-5-20(19)25-22/h2-5,10-13,15-16,23H,6-9,14H2,1H3,(H2,24,25,26,27). The van der Waals surface area contributed by atoms with E-state index in [0.717, 1.165) is 36.7 Å². The maximum atomic E-state index is 12.6. The first-order valence-corrected chi connectivity index (χ1v) is 11.8. The molecule has 3 N–H and O–H groups in total. The molecule has 0 spiro atoms. The predicted molar refractivity (Wildman–Crippen MR) is 118 cm³/mol. The summed E-state index contributed by atoms with van der Waals surface area (Å²) in [5, 5.41) is 2.88. The highest BCUT2D eigenvalue weighted by Gasteiger charge is 2.28. The van der Waals surface area contributed by atoms with Crippen molar-refractivity contribution in [3.05, 3.63) is 48.5 Å². The van der Waals surface area contributed by atoms with Crippen molar-refractivity contribution in [2.24, 2.45) is 11.8 Å². The first kappa shape index (κ1) is 21.3. The van der Waals surface area contributed by atoms with Crippen molar-refractivity contribution in [2.75, 3.05) is 19.0 Å². The van der Waals surface area contributed by atoms with E-state index in [0.29, 0.717) is 18.2 Å². The van der Waals surface area contributed by atoms with Gasteiger partial charge in [0.15, 0.2) is 0 Å². The summed E-state index contributed by atoms with van der Waals surface area (Å²) < 4.78 is 32.8. The third kappa shape index (κ3) is 5.05. The molecule has 9 heteroatoms. The number of imidazole rings is 1. The molecule has 164 valence electrons. The minimum Gasteiger partial charge on any atom is -0.497 e. The van der Waals surface area contributed by atoms with E-state index in [1.54, 1.807) is 12.1 Å². The topological polar surface area (TPSA) is 113 Å². The van der Waals surface area contributed by atoms with E-state index in [1.165, 1.54) is 19.2 Å². The fourth-order valence-corrected chi connectivity index (χ4v) is 5.04. The van der Waals surface area contributed by atoms with Gasteiger partial charge in [-0.05, 0) is 68.0 Å². The van der Waals surface area contributed by atoms with Crippen molar-refractivity contribution < 1.29 is 17.9 Å². The van der Waals surface area contributed by atoms with Gasteiger partial charge in [-0.15, -0.1) is 0 Å². The Kier molecular flexibility index (Phi) is 6.24. The summed E-state index contributed by atoms with van der Waals surface area (Å²) in [7, 11) is -2.03. The number of para-hydroxylation sites is 2. The number of sulfonamides is 1. The van der Waals surface area contributed by atoms with Crippen LogP contribution in [0.15, 0.2) is 53.4 Å². The molecule has 1 aliphatic rings. The van der Waals surface area contributed by atoms with E-state index in [1.807, 2.05) is 24.3 Å². The van der Waals surface area contributed by atoms with E-state index in [4.69, 9.17) is 4.74 Å². The minimum absolute atomic E-state index is 0.0451. The first-order valence-electron chi connectivity index (χ1n) is 10.3. The molecule has 4 rings (SSSR count). The maximum Gasteiger partial charge on any atom is 0.240 e. The van der Waals surface area contributed by atoms with Gasteiger partial charge in [-0.3, -0.25) is 10.1 Å². The normalized spacial score (nSPS) is 19.3. The monoisotopic (exact) mass is 442 g/mol. The van der Waals surface area contributed by atoms with Gasteiger partial charge in [-0.2, -0.15) is 0 Å². The summed E-state index contributed by atoms with van der Waals surface area (Å²) in [5.74, 6) is 1.14. The lowest BCUT2D eigenvalue weighted by atomic mass is 9.81. The number of aromatic amines is 1. The zero-order chi connectivity index (χ0) is 21.8. The molecule has 1 aromatic heterocycles. The lowest BCUT2D eigenvalue weighted by Gasteiger charge is -2.27.